The van der Waals surface area contributed by atoms with Crippen LogP contribution in [0.25, 0.3) is 11.0 Å². The molecule has 0 aromatic carbocycles. The Labute approximate surface area is 82.2 Å². The second-order valence-electron chi connectivity index (χ2n) is 3.18. The molecule has 0 bridgehead atoms. The van der Waals surface area contributed by atoms with Gasteiger partial charge in [-0.1, -0.05) is 0 Å². The standard InChI is InChI=1S/C10H12N4/c1-6-5-8(11)13-7-3-4-9(12-2)14-10(6)7/h3-5H,1-2H3,(H2,11,13)(H,12,14). The highest BCUT2D eigenvalue weighted by Gasteiger charge is 2.02. The number of fused-ring (bicyclic) bond motifs is 1. The maximum atomic E-state index is 5.64. The highest BCUT2D eigenvalue weighted by Crippen LogP contribution is 2.18. The van der Waals surface area contributed by atoms with Crippen molar-refractivity contribution in [3.8, 4) is 0 Å². The van der Waals surface area contributed by atoms with E-state index in [-0.39, 0.29) is 0 Å². The van der Waals surface area contributed by atoms with Gasteiger partial charge in [0.25, 0.3) is 0 Å². The van der Waals surface area contributed by atoms with Crippen LogP contribution in [0.15, 0.2) is 18.2 Å². The Bertz CT molecular complexity index is 479. The number of hydrogen-bond acceptors (Lipinski definition) is 4. The van der Waals surface area contributed by atoms with Crippen LogP contribution in [0.1, 0.15) is 5.56 Å². The fourth-order valence-corrected chi connectivity index (χ4v) is 1.43. The van der Waals surface area contributed by atoms with Gasteiger partial charge in [-0.05, 0) is 30.7 Å². The molecule has 2 rings (SSSR count). The summed E-state index contributed by atoms with van der Waals surface area (Å²) in [7, 11) is 1.84. The third-order valence-corrected chi connectivity index (χ3v) is 2.12. The number of aromatic nitrogens is 2. The Kier molecular flexibility index (Phi) is 1.96. The van der Waals surface area contributed by atoms with Crippen molar-refractivity contribution in [2.24, 2.45) is 0 Å². The summed E-state index contributed by atoms with van der Waals surface area (Å²) in [4.78, 5) is 8.60. The third kappa shape index (κ3) is 1.35. The molecule has 0 aliphatic carbocycles. The molecular formula is C10H12N4. The highest BCUT2D eigenvalue weighted by molar-refractivity contribution is 5.81. The van der Waals surface area contributed by atoms with Crippen LogP contribution in [-0.2, 0) is 0 Å². The zero-order valence-electron chi connectivity index (χ0n) is 8.20. The molecule has 0 saturated carbocycles. The van der Waals surface area contributed by atoms with Crippen LogP contribution in [0.5, 0.6) is 0 Å². The molecule has 2 aromatic rings. The maximum absolute atomic E-state index is 5.64. The van der Waals surface area contributed by atoms with Gasteiger partial charge in [-0.15, -0.1) is 0 Å². The van der Waals surface area contributed by atoms with Crippen molar-refractivity contribution in [1.29, 1.82) is 0 Å². The molecule has 4 nitrogen and oxygen atoms in total. The van der Waals surface area contributed by atoms with Gasteiger partial charge in [0, 0.05) is 7.05 Å². The molecule has 0 radical (unpaired) electrons. The lowest BCUT2D eigenvalue weighted by Crippen LogP contribution is -1.97. The van der Waals surface area contributed by atoms with Gasteiger partial charge in [-0.25, -0.2) is 9.97 Å². The van der Waals surface area contributed by atoms with Gasteiger partial charge in [-0.3, -0.25) is 0 Å². The van der Waals surface area contributed by atoms with E-state index < -0.39 is 0 Å². The molecule has 0 saturated heterocycles. The van der Waals surface area contributed by atoms with Crippen LogP contribution in [0.4, 0.5) is 11.6 Å². The van der Waals surface area contributed by atoms with E-state index in [1.165, 1.54) is 0 Å². The topological polar surface area (TPSA) is 63.8 Å². The van der Waals surface area contributed by atoms with E-state index in [4.69, 9.17) is 5.73 Å². The van der Waals surface area contributed by atoms with Gasteiger partial charge in [0.15, 0.2) is 0 Å². The van der Waals surface area contributed by atoms with Gasteiger partial charge in [0.1, 0.15) is 11.6 Å². The summed E-state index contributed by atoms with van der Waals surface area (Å²) in [5.41, 5.74) is 8.42. The van der Waals surface area contributed by atoms with E-state index in [1.807, 2.05) is 32.2 Å². The van der Waals surface area contributed by atoms with Gasteiger partial charge < -0.3 is 11.1 Å². The van der Waals surface area contributed by atoms with Gasteiger partial charge in [0.2, 0.25) is 0 Å². The number of nitrogens with zero attached hydrogens (tertiary/aromatic N) is 2. The molecule has 3 N–H and O–H groups in total. The Hall–Kier alpha value is -1.84. The smallest absolute Gasteiger partial charge is 0.126 e. The summed E-state index contributed by atoms with van der Waals surface area (Å²) in [6, 6.07) is 5.63. The van der Waals surface area contributed by atoms with Crippen LogP contribution in [0, 0.1) is 6.92 Å². The van der Waals surface area contributed by atoms with Gasteiger partial charge >= 0.3 is 0 Å². The van der Waals surface area contributed by atoms with Gasteiger partial charge in [0.05, 0.1) is 11.0 Å². The molecule has 0 atom stereocenters. The first-order valence-electron chi connectivity index (χ1n) is 4.42. The van der Waals surface area contributed by atoms with E-state index in [9.17, 15) is 0 Å². The summed E-state index contributed by atoms with van der Waals surface area (Å²) in [6.07, 6.45) is 0. The van der Waals surface area contributed by atoms with Crippen molar-refractivity contribution in [3.63, 3.8) is 0 Å². The number of pyridine rings is 2. The number of aryl methyl sites for hydroxylation is 1. The molecule has 0 aliphatic rings. The zero-order chi connectivity index (χ0) is 10.1. The summed E-state index contributed by atoms with van der Waals surface area (Å²) in [6.45, 7) is 1.98. The Morgan fingerprint density at radius 3 is 2.79 bits per heavy atom. The molecule has 0 fully saturated rings. The second-order valence-corrected chi connectivity index (χ2v) is 3.18. The number of rotatable bonds is 1. The van der Waals surface area contributed by atoms with Crippen LogP contribution in [-0.4, -0.2) is 17.0 Å². The number of hydrogen-bond donors (Lipinski definition) is 2. The molecule has 2 aromatic heterocycles. The Morgan fingerprint density at radius 1 is 1.29 bits per heavy atom. The number of nitrogens with two attached hydrogens (primary N) is 1. The minimum absolute atomic E-state index is 0.536. The molecule has 0 spiro atoms. The van der Waals surface area contributed by atoms with Gasteiger partial charge in [-0.2, -0.15) is 0 Å². The van der Waals surface area contributed by atoms with E-state index in [0.29, 0.717) is 5.82 Å². The second kappa shape index (κ2) is 3.14. The summed E-state index contributed by atoms with van der Waals surface area (Å²) >= 11 is 0. The monoisotopic (exact) mass is 188 g/mol. The minimum atomic E-state index is 0.536. The molecule has 72 valence electrons. The fraction of sp³-hybridized carbons (Fsp3) is 0.200. The quantitative estimate of drug-likeness (QED) is 0.712. The molecule has 14 heavy (non-hydrogen) atoms. The number of anilines is 2. The largest absolute Gasteiger partial charge is 0.384 e. The molecular weight excluding hydrogens is 176 g/mol. The van der Waals surface area contributed by atoms with Crippen LogP contribution in [0.2, 0.25) is 0 Å². The number of nitrogen functional groups attached to an aromatic ring is 1. The first-order chi connectivity index (χ1) is 6.70. The van der Waals surface area contributed by atoms with E-state index in [1.54, 1.807) is 0 Å². The lowest BCUT2D eigenvalue weighted by atomic mass is 10.2. The van der Waals surface area contributed by atoms with Crippen LogP contribution < -0.4 is 11.1 Å². The highest BCUT2D eigenvalue weighted by atomic mass is 15.0. The predicted molar refractivity (Wildman–Crippen MR) is 58.2 cm³/mol. The van der Waals surface area contributed by atoms with Crippen molar-refractivity contribution in [1.82, 2.24) is 9.97 Å². The van der Waals surface area contributed by atoms with Crippen molar-refractivity contribution < 1.29 is 0 Å². The summed E-state index contributed by atoms with van der Waals surface area (Å²) in [5, 5.41) is 2.99. The fourth-order valence-electron chi connectivity index (χ4n) is 1.43. The molecule has 2 heterocycles. The third-order valence-electron chi connectivity index (χ3n) is 2.12. The predicted octanol–water partition coefficient (Wildman–Crippen LogP) is 1.56. The lowest BCUT2D eigenvalue weighted by molar-refractivity contribution is 1.28. The van der Waals surface area contributed by atoms with Crippen LogP contribution >= 0.6 is 0 Å². The van der Waals surface area contributed by atoms with Crippen molar-refractivity contribution in [2.75, 3.05) is 18.1 Å². The average Bonchev–Trinajstić information content (AvgIpc) is 2.17. The van der Waals surface area contributed by atoms with Crippen molar-refractivity contribution in [2.45, 2.75) is 6.92 Å². The minimum Gasteiger partial charge on any atom is -0.384 e. The molecule has 0 amide bonds. The summed E-state index contributed by atoms with van der Waals surface area (Å²) < 4.78 is 0. The lowest BCUT2D eigenvalue weighted by Gasteiger charge is -2.04. The van der Waals surface area contributed by atoms with Crippen LogP contribution in [0.3, 0.4) is 0 Å². The van der Waals surface area contributed by atoms with Crippen molar-refractivity contribution in [3.05, 3.63) is 23.8 Å². The first kappa shape index (κ1) is 8.74. The molecule has 4 heteroatoms. The van der Waals surface area contributed by atoms with Crippen molar-refractivity contribution >= 4 is 22.7 Å². The molecule has 0 unspecified atom stereocenters. The Balaban J connectivity index is 2.75. The Morgan fingerprint density at radius 2 is 2.07 bits per heavy atom. The maximum Gasteiger partial charge on any atom is 0.126 e. The normalized spacial score (nSPS) is 10.4. The summed E-state index contributed by atoms with van der Waals surface area (Å²) in [5.74, 6) is 1.38. The van der Waals surface area contributed by atoms with E-state index in [0.717, 1.165) is 22.4 Å². The molecule has 0 aliphatic heterocycles. The first-order valence-corrected chi connectivity index (χ1v) is 4.42. The van der Waals surface area contributed by atoms with E-state index >= 15 is 0 Å². The number of nitrogens with one attached hydrogen (secondary N) is 1. The SMILES string of the molecule is CNc1ccc2nc(N)cc(C)c2n1. The average molecular weight is 188 g/mol. The zero-order valence-corrected chi connectivity index (χ0v) is 8.20. The van der Waals surface area contributed by atoms with E-state index in [2.05, 4.69) is 15.3 Å².